The van der Waals surface area contributed by atoms with Crippen LogP contribution in [0.2, 0.25) is 0 Å². The van der Waals surface area contributed by atoms with Crippen molar-refractivity contribution < 1.29 is 47.4 Å². The zero-order valence-corrected chi connectivity index (χ0v) is 27.4. The van der Waals surface area contributed by atoms with Crippen molar-refractivity contribution >= 4 is 0 Å². The van der Waals surface area contributed by atoms with Crippen LogP contribution in [-0.2, 0) is 47.4 Å². The Hall–Kier alpha value is -0.840. The molecule has 43 heavy (non-hydrogen) atoms. The highest BCUT2D eigenvalue weighted by atomic mass is 16.6. The Morgan fingerprint density at radius 1 is 0.302 bits per heavy atom. The van der Waals surface area contributed by atoms with Crippen LogP contribution in [0.25, 0.3) is 0 Å². The predicted octanol–water partition coefficient (Wildman–Crippen LogP) is 4.71. The van der Waals surface area contributed by atoms with Crippen molar-refractivity contribution in [1.82, 2.24) is 0 Å². The van der Waals surface area contributed by atoms with Crippen LogP contribution in [-0.4, -0.2) is 132 Å². The van der Waals surface area contributed by atoms with Gasteiger partial charge < -0.3 is 47.4 Å². The molecule has 0 radical (unpaired) electrons. The minimum absolute atomic E-state index is 0.313. The van der Waals surface area contributed by atoms with Gasteiger partial charge in [-0.15, -0.1) is 6.42 Å². The van der Waals surface area contributed by atoms with Gasteiger partial charge in [0.25, 0.3) is 0 Å². The van der Waals surface area contributed by atoms with Crippen LogP contribution in [0.5, 0.6) is 0 Å². The highest BCUT2D eigenvalue weighted by Gasteiger charge is 1.97. The number of ether oxygens (including phenoxy) is 10. The first-order valence-electron chi connectivity index (χ1n) is 16.6. The smallest absolute Gasteiger partial charge is 0.107 e. The van der Waals surface area contributed by atoms with Gasteiger partial charge in [-0.25, -0.2) is 0 Å². The van der Waals surface area contributed by atoms with Crippen LogP contribution >= 0.6 is 0 Å². The quantitative estimate of drug-likeness (QED) is 0.0711. The van der Waals surface area contributed by atoms with Crippen LogP contribution < -0.4 is 0 Å². The van der Waals surface area contributed by atoms with E-state index >= 15 is 0 Å². The van der Waals surface area contributed by atoms with Gasteiger partial charge in [0, 0.05) is 6.61 Å². The van der Waals surface area contributed by atoms with Crippen LogP contribution in [0.4, 0.5) is 0 Å². The van der Waals surface area contributed by atoms with Gasteiger partial charge in [-0.1, -0.05) is 70.6 Å². The lowest BCUT2D eigenvalue weighted by Gasteiger charge is -2.09. The summed E-state index contributed by atoms with van der Waals surface area (Å²) in [4.78, 5) is 0. The van der Waals surface area contributed by atoms with Gasteiger partial charge in [0.15, 0.2) is 0 Å². The van der Waals surface area contributed by atoms with Gasteiger partial charge in [0.1, 0.15) is 6.61 Å². The molecule has 0 spiro atoms. The van der Waals surface area contributed by atoms with E-state index in [4.69, 9.17) is 53.8 Å². The summed E-state index contributed by atoms with van der Waals surface area (Å²) in [6, 6.07) is 0. The molecule has 0 bridgehead atoms. The minimum Gasteiger partial charge on any atom is -0.379 e. The average Bonchev–Trinajstić information content (AvgIpc) is 3.02. The largest absolute Gasteiger partial charge is 0.379 e. The molecule has 0 fully saturated rings. The molecule has 0 aromatic carbocycles. The van der Waals surface area contributed by atoms with E-state index in [1.54, 1.807) is 0 Å². The SMILES string of the molecule is C#CCOCCOCCOCCOCCOCCOCCOCCOCCOCCOCCCCCCCCCCCC. The van der Waals surface area contributed by atoms with Gasteiger partial charge in [-0.3, -0.25) is 0 Å². The lowest BCUT2D eigenvalue weighted by molar-refractivity contribution is -0.0261. The maximum atomic E-state index is 5.64. The maximum absolute atomic E-state index is 5.64. The third-order valence-electron chi connectivity index (χ3n) is 6.18. The first kappa shape index (κ1) is 42.2. The van der Waals surface area contributed by atoms with E-state index in [2.05, 4.69) is 12.8 Å². The Bertz CT molecular complexity index is 532. The van der Waals surface area contributed by atoms with Crippen molar-refractivity contribution in [3.63, 3.8) is 0 Å². The summed E-state index contributed by atoms with van der Waals surface area (Å²) in [6.45, 7) is 13.1. The normalized spacial score (nSPS) is 11.3. The third-order valence-corrected chi connectivity index (χ3v) is 6.18. The van der Waals surface area contributed by atoms with Gasteiger partial charge in [0.05, 0.1) is 119 Å². The fourth-order valence-corrected chi connectivity index (χ4v) is 3.80. The molecule has 0 aliphatic heterocycles. The molecule has 0 saturated carbocycles. The Morgan fingerprint density at radius 2 is 0.535 bits per heavy atom. The molecular formula is C33H64O10. The van der Waals surface area contributed by atoms with E-state index in [0.717, 1.165) is 13.0 Å². The fraction of sp³-hybridized carbons (Fsp3) is 0.939. The summed E-state index contributed by atoms with van der Waals surface area (Å²) in [7, 11) is 0. The molecule has 0 heterocycles. The molecule has 10 heteroatoms. The highest BCUT2D eigenvalue weighted by molar-refractivity contribution is 4.82. The molecule has 256 valence electrons. The lowest BCUT2D eigenvalue weighted by atomic mass is 10.1. The van der Waals surface area contributed by atoms with Crippen molar-refractivity contribution in [2.45, 2.75) is 71.1 Å². The lowest BCUT2D eigenvalue weighted by Crippen LogP contribution is -2.15. The van der Waals surface area contributed by atoms with Crippen molar-refractivity contribution in [1.29, 1.82) is 0 Å². The van der Waals surface area contributed by atoms with Crippen molar-refractivity contribution in [3.05, 3.63) is 0 Å². The van der Waals surface area contributed by atoms with Crippen LogP contribution in [0.1, 0.15) is 71.1 Å². The molecule has 0 aromatic rings. The Kier molecular flexibility index (Phi) is 40.4. The zero-order chi connectivity index (χ0) is 31.0. The van der Waals surface area contributed by atoms with E-state index in [9.17, 15) is 0 Å². The van der Waals surface area contributed by atoms with Crippen molar-refractivity contribution in [2.24, 2.45) is 0 Å². The van der Waals surface area contributed by atoms with E-state index in [0.29, 0.717) is 126 Å². The highest BCUT2D eigenvalue weighted by Crippen LogP contribution is 2.10. The standard InChI is InChI=1S/C33H64O10/c1-3-5-6-7-8-9-10-11-12-13-15-35-17-19-37-21-23-39-25-27-41-29-31-43-33-32-42-30-28-40-26-24-38-22-20-36-18-16-34-14-4-2/h2H,3,5-33H2,1H3. The number of rotatable bonds is 39. The Balaban J connectivity index is 3.03. The topological polar surface area (TPSA) is 92.3 Å². The summed E-state index contributed by atoms with van der Waals surface area (Å²) < 4.78 is 54.4. The second-order valence-corrected chi connectivity index (χ2v) is 9.95. The maximum Gasteiger partial charge on any atom is 0.107 e. The summed E-state index contributed by atoms with van der Waals surface area (Å²) in [5, 5.41) is 0. The monoisotopic (exact) mass is 620 g/mol. The molecule has 0 aliphatic rings. The second kappa shape index (κ2) is 41.2. The molecule has 0 rings (SSSR count). The Labute approximate surface area is 263 Å². The molecule has 0 saturated heterocycles. The van der Waals surface area contributed by atoms with Crippen molar-refractivity contribution in [3.8, 4) is 12.3 Å². The molecule has 0 amide bonds. The summed E-state index contributed by atoms with van der Waals surface area (Å²) in [5.41, 5.74) is 0. The molecule has 0 aromatic heterocycles. The van der Waals surface area contributed by atoms with Crippen molar-refractivity contribution in [2.75, 3.05) is 132 Å². The van der Waals surface area contributed by atoms with E-state index in [1.165, 1.54) is 57.8 Å². The zero-order valence-electron chi connectivity index (χ0n) is 27.4. The molecule has 0 atom stereocenters. The summed E-state index contributed by atoms with van der Waals surface area (Å²) >= 11 is 0. The number of hydrogen-bond donors (Lipinski definition) is 0. The van der Waals surface area contributed by atoms with E-state index in [-0.39, 0.29) is 0 Å². The summed E-state index contributed by atoms with van der Waals surface area (Å²) in [6.07, 6.45) is 18.5. The Morgan fingerprint density at radius 3 is 0.814 bits per heavy atom. The van der Waals surface area contributed by atoms with Gasteiger partial charge in [0.2, 0.25) is 0 Å². The predicted molar refractivity (Wildman–Crippen MR) is 169 cm³/mol. The summed E-state index contributed by atoms with van der Waals surface area (Å²) in [5.74, 6) is 2.40. The van der Waals surface area contributed by atoms with Gasteiger partial charge >= 0.3 is 0 Å². The molecule has 0 N–H and O–H groups in total. The van der Waals surface area contributed by atoms with E-state index < -0.39 is 0 Å². The van der Waals surface area contributed by atoms with Crippen LogP contribution in [0, 0.1) is 12.3 Å². The third kappa shape index (κ3) is 41.2. The molecule has 0 unspecified atom stereocenters. The molecular weight excluding hydrogens is 556 g/mol. The fourth-order valence-electron chi connectivity index (χ4n) is 3.80. The van der Waals surface area contributed by atoms with Crippen LogP contribution in [0.3, 0.4) is 0 Å². The van der Waals surface area contributed by atoms with E-state index in [1.807, 2.05) is 0 Å². The molecule has 0 aliphatic carbocycles. The minimum atomic E-state index is 0.313. The van der Waals surface area contributed by atoms with Gasteiger partial charge in [-0.05, 0) is 6.42 Å². The average molecular weight is 621 g/mol. The van der Waals surface area contributed by atoms with Crippen LogP contribution in [0.15, 0.2) is 0 Å². The number of unbranched alkanes of at least 4 members (excludes halogenated alkanes) is 9. The first-order valence-corrected chi connectivity index (χ1v) is 16.6. The number of terminal acetylenes is 1. The second-order valence-electron chi connectivity index (χ2n) is 9.95. The number of hydrogen-bond acceptors (Lipinski definition) is 10. The van der Waals surface area contributed by atoms with Gasteiger partial charge in [-0.2, -0.15) is 0 Å². The molecule has 10 nitrogen and oxygen atoms in total. The first-order chi connectivity index (χ1) is 21.4.